The van der Waals surface area contributed by atoms with E-state index in [-0.39, 0.29) is 16.7 Å². The topological polar surface area (TPSA) is 34.1 Å². The molecule has 0 saturated heterocycles. The molecule has 0 amide bonds. The van der Waals surface area contributed by atoms with Crippen molar-refractivity contribution >= 4 is 12.1 Å². The minimum absolute atomic E-state index is 0.0393. The second kappa shape index (κ2) is 6.69. The van der Waals surface area contributed by atoms with E-state index in [0.717, 1.165) is 31.6 Å². The molecule has 174 valence electrons. The highest BCUT2D eigenvalue weighted by Gasteiger charge is 2.67. The first-order valence-electron chi connectivity index (χ1n) is 13.4. The minimum Gasteiger partial charge on any atom is -0.303 e. The van der Waals surface area contributed by atoms with Gasteiger partial charge in [0.05, 0.1) is 0 Å². The molecule has 0 spiro atoms. The van der Waals surface area contributed by atoms with Crippen LogP contribution in [0.15, 0.2) is 0 Å². The Labute approximate surface area is 190 Å². The molecule has 0 radical (unpaired) electrons. The zero-order valence-corrected chi connectivity index (χ0v) is 21.1. The lowest BCUT2D eigenvalue weighted by Crippen LogP contribution is -2.64. The lowest BCUT2D eigenvalue weighted by Gasteiger charge is -2.70. The van der Waals surface area contributed by atoms with Crippen LogP contribution in [0.2, 0.25) is 0 Å². The first-order valence-corrected chi connectivity index (χ1v) is 13.4. The van der Waals surface area contributed by atoms with Crippen LogP contribution in [0.25, 0.3) is 0 Å². The number of carbonyl (C=O) groups is 2. The van der Waals surface area contributed by atoms with E-state index in [9.17, 15) is 9.59 Å². The van der Waals surface area contributed by atoms with Gasteiger partial charge in [0.15, 0.2) is 0 Å². The first-order chi connectivity index (χ1) is 14.4. The predicted molar refractivity (Wildman–Crippen MR) is 126 cm³/mol. The highest BCUT2D eigenvalue weighted by atomic mass is 16.1. The highest BCUT2D eigenvalue weighted by molar-refractivity contribution is 5.82. The molecule has 31 heavy (non-hydrogen) atoms. The summed E-state index contributed by atoms with van der Waals surface area (Å²) in [6, 6.07) is 0. The van der Waals surface area contributed by atoms with Crippen molar-refractivity contribution in [1.82, 2.24) is 0 Å². The zero-order valence-electron chi connectivity index (χ0n) is 21.1. The van der Waals surface area contributed by atoms with E-state index in [1.165, 1.54) is 51.2 Å². The van der Waals surface area contributed by atoms with Gasteiger partial charge in [0.2, 0.25) is 0 Å². The molecular weight excluding hydrogens is 380 g/mol. The Morgan fingerprint density at radius 2 is 1.39 bits per heavy atom. The second-order valence-corrected chi connectivity index (χ2v) is 14.4. The maximum Gasteiger partial charge on any atom is 0.136 e. The normalized spacial score (nSPS) is 55.9. The fourth-order valence-corrected chi connectivity index (χ4v) is 10.7. The van der Waals surface area contributed by atoms with Crippen LogP contribution in [0.5, 0.6) is 0 Å². The Morgan fingerprint density at radius 3 is 2.10 bits per heavy atom. The van der Waals surface area contributed by atoms with E-state index < -0.39 is 0 Å². The molecule has 9 atom stereocenters. The van der Waals surface area contributed by atoms with E-state index >= 15 is 0 Å². The fourth-order valence-electron chi connectivity index (χ4n) is 10.7. The van der Waals surface area contributed by atoms with Gasteiger partial charge in [-0.25, -0.2) is 0 Å². The number of ketones is 1. The summed E-state index contributed by atoms with van der Waals surface area (Å²) in [6.45, 7) is 14.8. The Kier molecular flexibility index (Phi) is 4.78. The molecule has 0 bridgehead atoms. The van der Waals surface area contributed by atoms with Gasteiger partial charge in [-0.3, -0.25) is 4.79 Å². The maximum atomic E-state index is 12.7. The largest absolute Gasteiger partial charge is 0.303 e. The number of hydrogen-bond donors (Lipinski definition) is 0. The van der Waals surface area contributed by atoms with Gasteiger partial charge in [-0.1, -0.05) is 41.5 Å². The van der Waals surface area contributed by atoms with Gasteiger partial charge in [-0.05, 0) is 110 Å². The van der Waals surface area contributed by atoms with Gasteiger partial charge in [0, 0.05) is 17.8 Å². The maximum absolute atomic E-state index is 12.7. The molecule has 0 aromatic rings. The molecule has 0 unspecified atom stereocenters. The highest BCUT2D eigenvalue weighted by Crippen LogP contribution is 2.74. The summed E-state index contributed by atoms with van der Waals surface area (Å²) in [7, 11) is 0. The average molecular weight is 427 g/mol. The Hall–Kier alpha value is -0.660. The van der Waals surface area contributed by atoms with Crippen molar-refractivity contribution in [3.05, 3.63) is 0 Å². The summed E-state index contributed by atoms with van der Waals surface area (Å²) in [6.07, 6.45) is 14.4. The predicted octanol–water partition coefficient (Wildman–Crippen LogP) is 7.25. The molecule has 5 rings (SSSR count). The number of Topliss-reactive ketones (excluding diaryl/α,β-unsaturated/α-hetero) is 1. The molecule has 0 N–H and O–H groups in total. The Bertz CT molecular complexity index is 784. The van der Waals surface area contributed by atoms with Crippen LogP contribution >= 0.6 is 0 Å². The van der Waals surface area contributed by atoms with Gasteiger partial charge in [0.25, 0.3) is 0 Å². The lowest BCUT2D eigenvalue weighted by molar-refractivity contribution is -0.218. The number of hydrogen-bond acceptors (Lipinski definition) is 2. The molecule has 2 nitrogen and oxygen atoms in total. The monoisotopic (exact) mass is 426 g/mol. The average Bonchev–Trinajstić information content (AvgIpc) is 2.70. The third-order valence-corrected chi connectivity index (χ3v) is 12.8. The standard InChI is InChI=1S/C29H46O2/c1-19-22(31)7-8-23-26(19,4)12-10-24-27(5)14-16-29(18-30)15-13-25(2,3)17-21(29)20(27)9-11-28(23,24)6/h18-21,23-24H,7-17H2,1-6H3/t19-,20+,21+,23-,24-,26+,27-,28-,29+/m0/s1. The fraction of sp³-hybridized carbons (Fsp3) is 0.931. The summed E-state index contributed by atoms with van der Waals surface area (Å²) >= 11 is 0. The Balaban J connectivity index is 1.51. The van der Waals surface area contributed by atoms with Crippen molar-refractivity contribution in [3.8, 4) is 0 Å². The zero-order chi connectivity index (χ0) is 22.4. The van der Waals surface area contributed by atoms with Crippen molar-refractivity contribution in [2.75, 3.05) is 0 Å². The Morgan fingerprint density at radius 1 is 0.742 bits per heavy atom. The first kappa shape index (κ1) is 22.1. The van der Waals surface area contributed by atoms with E-state index in [4.69, 9.17) is 0 Å². The molecule has 0 aliphatic heterocycles. The van der Waals surface area contributed by atoms with E-state index in [1.54, 1.807) is 0 Å². The van der Waals surface area contributed by atoms with Crippen LogP contribution in [0.4, 0.5) is 0 Å². The van der Waals surface area contributed by atoms with Gasteiger partial charge < -0.3 is 4.79 Å². The number of carbonyl (C=O) groups excluding carboxylic acids is 2. The molecule has 2 heteroatoms. The number of rotatable bonds is 1. The number of aldehydes is 1. The van der Waals surface area contributed by atoms with E-state index in [2.05, 4.69) is 41.5 Å². The molecule has 5 aliphatic carbocycles. The van der Waals surface area contributed by atoms with E-state index in [1.807, 2.05) is 0 Å². The van der Waals surface area contributed by atoms with Crippen LogP contribution in [-0.4, -0.2) is 12.1 Å². The second-order valence-electron chi connectivity index (χ2n) is 14.4. The van der Waals surface area contributed by atoms with Crippen molar-refractivity contribution in [1.29, 1.82) is 0 Å². The SMILES string of the molecule is C[C@H]1C(=O)CC[C@@H]2[C@]3(C)CC[C@@H]4[C@H]5CC(C)(C)CC[C@]5(C=O)CC[C@]4(C)[C@@H]3CC[C@@]21C. The van der Waals surface area contributed by atoms with Crippen LogP contribution in [-0.2, 0) is 9.59 Å². The third kappa shape index (κ3) is 2.81. The van der Waals surface area contributed by atoms with Crippen LogP contribution in [0, 0.1) is 56.7 Å². The molecular formula is C29H46O2. The summed E-state index contributed by atoms with van der Waals surface area (Å²) in [5, 5.41) is 0. The van der Waals surface area contributed by atoms with Crippen LogP contribution in [0.1, 0.15) is 112 Å². The van der Waals surface area contributed by atoms with Crippen LogP contribution < -0.4 is 0 Å². The third-order valence-electron chi connectivity index (χ3n) is 12.8. The number of fused-ring (bicyclic) bond motifs is 7. The van der Waals surface area contributed by atoms with Crippen molar-refractivity contribution in [2.24, 2.45) is 56.7 Å². The van der Waals surface area contributed by atoms with Gasteiger partial charge in [0.1, 0.15) is 12.1 Å². The van der Waals surface area contributed by atoms with Gasteiger partial charge in [-0.15, -0.1) is 0 Å². The molecule has 0 aromatic carbocycles. The van der Waals surface area contributed by atoms with Crippen LogP contribution in [0.3, 0.4) is 0 Å². The molecule has 0 aromatic heterocycles. The smallest absolute Gasteiger partial charge is 0.136 e. The molecule has 0 heterocycles. The van der Waals surface area contributed by atoms with E-state index in [0.29, 0.717) is 39.8 Å². The molecule has 5 fully saturated rings. The van der Waals surface area contributed by atoms with Gasteiger partial charge in [-0.2, -0.15) is 0 Å². The van der Waals surface area contributed by atoms with Crippen molar-refractivity contribution in [3.63, 3.8) is 0 Å². The van der Waals surface area contributed by atoms with Gasteiger partial charge >= 0.3 is 0 Å². The van der Waals surface area contributed by atoms with Crippen molar-refractivity contribution in [2.45, 2.75) is 112 Å². The van der Waals surface area contributed by atoms with Crippen molar-refractivity contribution < 1.29 is 9.59 Å². The molecule has 5 aliphatic rings. The summed E-state index contributed by atoms with van der Waals surface area (Å²) in [4.78, 5) is 25.2. The quantitative estimate of drug-likeness (QED) is 0.414. The molecule has 5 saturated carbocycles. The summed E-state index contributed by atoms with van der Waals surface area (Å²) in [5.41, 5.74) is 1.25. The summed E-state index contributed by atoms with van der Waals surface area (Å²) in [5.74, 6) is 3.46. The lowest BCUT2D eigenvalue weighted by atomic mass is 9.34. The minimum atomic E-state index is -0.0393. The summed E-state index contributed by atoms with van der Waals surface area (Å²) < 4.78 is 0.